The van der Waals surface area contributed by atoms with Gasteiger partial charge >= 0.3 is 5.82 Å². The van der Waals surface area contributed by atoms with Crippen molar-refractivity contribution in [1.29, 1.82) is 0 Å². The molecule has 0 aliphatic rings. The molecule has 0 aliphatic carbocycles. The van der Waals surface area contributed by atoms with Gasteiger partial charge in [-0.3, -0.25) is 4.79 Å². The van der Waals surface area contributed by atoms with E-state index >= 15 is 0 Å². The van der Waals surface area contributed by atoms with Crippen molar-refractivity contribution in [2.24, 2.45) is 0 Å². The third kappa shape index (κ3) is 2.84. The number of ketones is 1. The second-order valence-corrected chi connectivity index (χ2v) is 5.21. The molecule has 0 N–H and O–H groups in total. The number of hydrogen-bond acceptors (Lipinski definition) is 4. The number of nitrogens with zero attached hydrogens (tertiary/aromatic N) is 3. The number of hydrogen-bond donors (Lipinski definition) is 0. The minimum atomic E-state index is -0.584. The van der Waals surface area contributed by atoms with Crippen molar-refractivity contribution in [3.8, 4) is 0 Å². The number of rotatable bonds is 4. The van der Waals surface area contributed by atoms with E-state index < -0.39 is 11.0 Å². The summed E-state index contributed by atoms with van der Waals surface area (Å²) >= 11 is 0. The summed E-state index contributed by atoms with van der Waals surface area (Å²) in [6.07, 6.45) is 1.53. The minimum absolute atomic E-state index is 0.115. The van der Waals surface area contributed by atoms with Gasteiger partial charge in [0.05, 0.1) is 16.9 Å². The monoisotopic (exact) mass is 287 g/mol. The number of benzene rings is 1. The van der Waals surface area contributed by atoms with Crippen LogP contribution in [-0.4, -0.2) is 20.5 Å². The predicted octanol–water partition coefficient (Wildman–Crippen LogP) is 3.16. The second kappa shape index (κ2) is 5.47. The van der Waals surface area contributed by atoms with Crippen LogP contribution in [0.5, 0.6) is 0 Å². The van der Waals surface area contributed by atoms with Gasteiger partial charge in [-0.1, -0.05) is 12.1 Å². The van der Waals surface area contributed by atoms with Crippen molar-refractivity contribution in [2.75, 3.05) is 0 Å². The first-order chi connectivity index (χ1) is 9.81. The highest BCUT2D eigenvalue weighted by Gasteiger charge is 2.25. The lowest BCUT2D eigenvalue weighted by Gasteiger charge is -2.09. The van der Waals surface area contributed by atoms with Gasteiger partial charge in [-0.15, -0.1) is 0 Å². The van der Waals surface area contributed by atoms with Crippen molar-refractivity contribution < 1.29 is 9.72 Å². The number of Topliss-reactive ketones (excluding diaryl/α,β-unsaturated/α-hetero) is 1. The SMILES string of the molecule is Cc1ccc(C(=O)C(C)n2cc(C)c([N+](=O)[O-])n2)cc1C. The number of carbonyl (C=O) groups excluding carboxylic acids is 1. The van der Waals surface area contributed by atoms with Gasteiger partial charge in [-0.05, 0) is 49.8 Å². The lowest BCUT2D eigenvalue weighted by molar-refractivity contribution is -0.390. The molecule has 110 valence electrons. The van der Waals surface area contributed by atoms with Crippen molar-refractivity contribution >= 4 is 11.6 Å². The lowest BCUT2D eigenvalue weighted by atomic mass is 10.0. The molecule has 1 aromatic heterocycles. The molecule has 6 heteroatoms. The maximum atomic E-state index is 12.5. The van der Waals surface area contributed by atoms with Crippen LogP contribution in [0.25, 0.3) is 0 Å². The molecule has 1 heterocycles. The van der Waals surface area contributed by atoms with Crippen LogP contribution in [0, 0.1) is 30.9 Å². The largest absolute Gasteiger partial charge is 0.392 e. The molecular weight excluding hydrogens is 270 g/mol. The normalized spacial score (nSPS) is 12.2. The fraction of sp³-hybridized carbons (Fsp3) is 0.333. The first-order valence-electron chi connectivity index (χ1n) is 6.63. The summed E-state index contributed by atoms with van der Waals surface area (Å²) in [6, 6.07) is 4.91. The van der Waals surface area contributed by atoms with E-state index in [2.05, 4.69) is 5.10 Å². The fourth-order valence-electron chi connectivity index (χ4n) is 2.11. The van der Waals surface area contributed by atoms with E-state index in [1.165, 1.54) is 10.9 Å². The van der Waals surface area contributed by atoms with Gasteiger partial charge < -0.3 is 10.1 Å². The van der Waals surface area contributed by atoms with E-state index in [1.807, 2.05) is 26.0 Å². The Balaban J connectivity index is 2.32. The van der Waals surface area contributed by atoms with E-state index in [0.717, 1.165) is 11.1 Å². The van der Waals surface area contributed by atoms with E-state index in [0.29, 0.717) is 11.1 Å². The fourth-order valence-corrected chi connectivity index (χ4v) is 2.11. The molecule has 0 radical (unpaired) electrons. The molecule has 1 unspecified atom stereocenters. The molecule has 6 nitrogen and oxygen atoms in total. The zero-order chi connectivity index (χ0) is 15.7. The van der Waals surface area contributed by atoms with Crippen LogP contribution in [0.2, 0.25) is 0 Å². The number of nitro groups is 1. The number of aryl methyl sites for hydroxylation is 3. The topological polar surface area (TPSA) is 78.0 Å². The summed E-state index contributed by atoms with van der Waals surface area (Å²) in [5.74, 6) is -0.328. The zero-order valence-corrected chi connectivity index (χ0v) is 12.5. The molecule has 0 bridgehead atoms. The Morgan fingerprint density at radius 1 is 1.24 bits per heavy atom. The highest BCUT2D eigenvalue weighted by molar-refractivity contribution is 5.99. The summed E-state index contributed by atoms with van der Waals surface area (Å²) in [4.78, 5) is 22.8. The summed E-state index contributed by atoms with van der Waals surface area (Å²) in [6.45, 7) is 7.22. The van der Waals surface area contributed by atoms with E-state index in [-0.39, 0.29) is 11.6 Å². The Morgan fingerprint density at radius 3 is 2.43 bits per heavy atom. The lowest BCUT2D eigenvalue weighted by Crippen LogP contribution is -2.17. The molecule has 2 aromatic rings. The summed E-state index contributed by atoms with van der Waals surface area (Å²) in [5, 5.41) is 14.7. The average molecular weight is 287 g/mol. The Labute approximate surface area is 122 Å². The molecule has 0 aliphatic heterocycles. The zero-order valence-electron chi connectivity index (χ0n) is 12.5. The van der Waals surface area contributed by atoms with Crippen molar-refractivity contribution in [2.45, 2.75) is 33.7 Å². The maximum absolute atomic E-state index is 12.5. The highest BCUT2D eigenvalue weighted by atomic mass is 16.6. The van der Waals surface area contributed by atoms with Gasteiger partial charge in [0.25, 0.3) is 0 Å². The Kier molecular flexibility index (Phi) is 3.88. The van der Waals surface area contributed by atoms with Crippen LogP contribution in [0.4, 0.5) is 5.82 Å². The van der Waals surface area contributed by atoms with Crippen LogP contribution in [-0.2, 0) is 0 Å². The maximum Gasteiger partial charge on any atom is 0.392 e. The molecule has 0 fully saturated rings. The third-order valence-electron chi connectivity index (χ3n) is 3.63. The molecule has 0 spiro atoms. The minimum Gasteiger partial charge on any atom is -0.358 e. The third-order valence-corrected chi connectivity index (χ3v) is 3.63. The van der Waals surface area contributed by atoms with E-state index in [9.17, 15) is 14.9 Å². The standard InChI is InChI=1S/C15H17N3O3/c1-9-5-6-13(7-10(9)2)14(19)12(4)17-8-11(3)15(16-17)18(20)21/h5-8,12H,1-4H3. The van der Waals surface area contributed by atoms with Crippen molar-refractivity contribution in [3.05, 3.63) is 56.8 Å². The van der Waals surface area contributed by atoms with Gasteiger partial charge in [0, 0.05) is 5.56 Å². The van der Waals surface area contributed by atoms with Crippen LogP contribution in [0.3, 0.4) is 0 Å². The van der Waals surface area contributed by atoms with E-state index in [1.54, 1.807) is 19.9 Å². The molecule has 0 saturated carbocycles. The predicted molar refractivity (Wildman–Crippen MR) is 78.6 cm³/mol. The van der Waals surface area contributed by atoms with Gasteiger partial charge in [0.1, 0.15) is 6.04 Å². The molecule has 21 heavy (non-hydrogen) atoms. The first kappa shape index (κ1) is 14.9. The van der Waals surface area contributed by atoms with Crippen molar-refractivity contribution in [1.82, 2.24) is 9.78 Å². The first-order valence-corrected chi connectivity index (χ1v) is 6.63. The van der Waals surface area contributed by atoms with Gasteiger partial charge in [0.2, 0.25) is 0 Å². The second-order valence-electron chi connectivity index (χ2n) is 5.21. The average Bonchev–Trinajstić information content (AvgIpc) is 2.82. The van der Waals surface area contributed by atoms with Gasteiger partial charge in [-0.2, -0.15) is 4.68 Å². The Hall–Kier alpha value is -2.50. The molecule has 0 amide bonds. The molecular formula is C15H17N3O3. The molecule has 2 rings (SSSR count). The van der Waals surface area contributed by atoms with Gasteiger partial charge in [0.15, 0.2) is 5.78 Å². The molecule has 0 saturated heterocycles. The molecule has 1 atom stereocenters. The smallest absolute Gasteiger partial charge is 0.358 e. The summed E-state index contributed by atoms with van der Waals surface area (Å²) in [5.41, 5.74) is 3.18. The van der Waals surface area contributed by atoms with Crippen LogP contribution in [0.15, 0.2) is 24.4 Å². The van der Waals surface area contributed by atoms with Crippen LogP contribution >= 0.6 is 0 Å². The van der Waals surface area contributed by atoms with Crippen molar-refractivity contribution in [3.63, 3.8) is 0 Å². The van der Waals surface area contributed by atoms with Crippen LogP contribution in [0.1, 0.15) is 40.0 Å². The van der Waals surface area contributed by atoms with Gasteiger partial charge in [-0.25, -0.2) is 0 Å². The summed E-state index contributed by atoms with van der Waals surface area (Å²) in [7, 11) is 0. The van der Waals surface area contributed by atoms with E-state index in [4.69, 9.17) is 0 Å². The molecule has 1 aromatic carbocycles. The van der Waals surface area contributed by atoms with Crippen LogP contribution < -0.4 is 0 Å². The number of carbonyl (C=O) groups is 1. The number of aromatic nitrogens is 2. The Bertz CT molecular complexity index is 719. The summed E-state index contributed by atoms with van der Waals surface area (Å²) < 4.78 is 1.35. The Morgan fingerprint density at radius 2 is 1.90 bits per heavy atom. The highest BCUT2D eigenvalue weighted by Crippen LogP contribution is 2.21. The quantitative estimate of drug-likeness (QED) is 0.491.